The molecule has 2 heterocycles. The number of hydrogen-bond donors (Lipinski definition) is 1. The zero-order chi connectivity index (χ0) is 17.9. The van der Waals surface area contributed by atoms with Gasteiger partial charge in [0.1, 0.15) is 0 Å². The maximum atomic E-state index is 11.0. The lowest BCUT2D eigenvalue weighted by Gasteiger charge is -2.41. The van der Waals surface area contributed by atoms with Crippen molar-refractivity contribution in [3.05, 3.63) is 36.2 Å². The molecule has 0 spiro atoms. The van der Waals surface area contributed by atoms with E-state index in [0.29, 0.717) is 12.1 Å². The minimum absolute atomic E-state index is 0.213. The van der Waals surface area contributed by atoms with E-state index in [1.165, 1.54) is 59.5 Å². The molecule has 0 radical (unpaired) electrons. The Labute approximate surface area is 159 Å². The SMILES string of the molecule is CC(=O)SCCNC1CCC(N2CCc3cncc4cccc2c34)CC1. The highest BCUT2D eigenvalue weighted by Gasteiger charge is 2.29. The Hall–Kier alpha value is -1.59. The lowest BCUT2D eigenvalue weighted by atomic mass is 9.88. The van der Waals surface area contributed by atoms with Crippen LogP contribution in [0.4, 0.5) is 5.69 Å². The monoisotopic (exact) mass is 369 g/mol. The van der Waals surface area contributed by atoms with Gasteiger partial charge in [0.15, 0.2) is 5.12 Å². The number of hydrogen-bond acceptors (Lipinski definition) is 5. The van der Waals surface area contributed by atoms with Crippen LogP contribution in [0.1, 0.15) is 38.2 Å². The smallest absolute Gasteiger partial charge is 0.185 e. The first-order valence-electron chi connectivity index (χ1n) is 9.71. The van der Waals surface area contributed by atoms with Gasteiger partial charge in [-0.15, -0.1) is 0 Å². The minimum Gasteiger partial charge on any atom is -0.368 e. The predicted molar refractivity (Wildman–Crippen MR) is 110 cm³/mol. The van der Waals surface area contributed by atoms with Crippen molar-refractivity contribution >= 4 is 33.3 Å². The molecule has 0 unspecified atom stereocenters. The molecule has 2 aromatic rings. The molecule has 1 saturated carbocycles. The number of carbonyl (C=O) groups is 1. The molecule has 2 aliphatic rings. The highest BCUT2D eigenvalue weighted by molar-refractivity contribution is 8.13. The van der Waals surface area contributed by atoms with Crippen LogP contribution in [0.2, 0.25) is 0 Å². The van der Waals surface area contributed by atoms with Gasteiger partial charge in [0.25, 0.3) is 0 Å². The zero-order valence-electron chi connectivity index (χ0n) is 15.4. The fourth-order valence-electron chi connectivity index (χ4n) is 4.51. The van der Waals surface area contributed by atoms with Crippen molar-refractivity contribution in [2.24, 2.45) is 0 Å². The first-order chi connectivity index (χ1) is 12.7. The Bertz CT molecular complexity index is 781. The summed E-state index contributed by atoms with van der Waals surface area (Å²) in [6.45, 7) is 3.68. The van der Waals surface area contributed by atoms with Crippen molar-refractivity contribution in [1.29, 1.82) is 0 Å². The summed E-state index contributed by atoms with van der Waals surface area (Å²) >= 11 is 1.42. The number of aromatic nitrogens is 1. The van der Waals surface area contributed by atoms with Crippen LogP contribution in [0.3, 0.4) is 0 Å². The molecule has 138 valence electrons. The second-order valence-electron chi connectivity index (χ2n) is 7.42. The van der Waals surface area contributed by atoms with Gasteiger partial charge >= 0.3 is 0 Å². The lowest BCUT2D eigenvalue weighted by Crippen LogP contribution is -2.44. The Morgan fingerprint density at radius 1 is 1.27 bits per heavy atom. The van der Waals surface area contributed by atoms with E-state index < -0.39 is 0 Å². The lowest BCUT2D eigenvalue weighted by molar-refractivity contribution is -0.109. The van der Waals surface area contributed by atoms with E-state index in [9.17, 15) is 4.79 Å². The van der Waals surface area contributed by atoms with Crippen LogP contribution in [0.15, 0.2) is 30.6 Å². The maximum Gasteiger partial charge on any atom is 0.185 e. The summed E-state index contributed by atoms with van der Waals surface area (Å²) in [7, 11) is 0. The molecule has 0 saturated heterocycles. The summed E-state index contributed by atoms with van der Waals surface area (Å²) in [6.07, 6.45) is 10.1. The van der Waals surface area contributed by atoms with Crippen LogP contribution in [-0.2, 0) is 11.2 Å². The second-order valence-corrected chi connectivity index (χ2v) is 8.69. The normalized spacial score (nSPS) is 22.6. The van der Waals surface area contributed by atoms with Crippen molar-refractivity contribution in [2.45, 2.75) is 51.1 Å². The van der Waals surface area contributed by atoms with Gasteiger partial charge in [0.05, 0.1) is 0 Å². The number of benzene rings is 1. The third-order valence-electron chi connectivity index (χ3n) is 5.75. The summed E-state index contributed by atoms with van der Waals surface area (Å²) in [5.74, 6) is 0.883. The number of anilines is 1. The number of nitrogens with one attached hydrogen (secondary N) is 1. The van der Waals surface area contributed by atoms with Gasteiger partial charge in [-0.3, -0.25) is 9.78 Å². The molecule has 1 fully saturated rings. The molecule has 4 rings (SSSR count). The molecule has 5 heteroatoms. The van der Waals surface area contributed by atoms with Gasteiger partial charge in [0.2, 0.25) is 0 Å². The summed E-state index contributed by atoms with van der Waals surface area (Å²) in [4.78, 5) is 18.1. The van der Waals surface area contributed by atoms with Crippen LogP contribution >= 0.6 is 11.8 Å². The predicted octanol–water partition coefficient (Wildman–Crippen LogP) is 3.78. The van der Waals surface area contributed by atoms with Crippen molar-refractivity contribution in [2.75, 3.05) is 23.7 Å². The third-order valence-corrected chi connectivity index (χ3v) is 6.56. The fraction of sp³-hybridized carbons (Fsp3) is 0.524. The van der Waals surface area contributed by atoms with Crippen LogP contribution in [-0.4, -0.2) is 41.0 Å². The van der Waals surface area contributed by atoms with E-state index in [0.717, 1.165) is 25.3 Å². The topological polar surface area (TPSA) is 45.2 Å². The summed E-state index contributed by atoms with van der Waals surface area (Å²) < 4.78 is 0. The van der Waals surface area contributed by atoms with Crippen molar-refractivity contribution in [3.8, 4) is 0 Å². The molecule has 1 aliphatic carbocycles. The number of pyridine rings is 1. The molecular formula is C21H27N3OS. The number of thioether (sulfide) groups is 1. The second kappa shape index (κ2) is 7.97. The largest absolute Gasteiger partial charge is 0.368 e. The Balaban J connectivity index is 1.38. The molecule has 0 bridgehead atoms. The quantitative estimate of drug-likeness (QED) is 0.813. The highest BCUT2D eigenvalue weighted by Crippen LogP contribution is 2.37. The van der Waals surface area contributed by atoms with Crippen LogP contribution in [0, 0.1) is 0 Å². The summed E-state index contributed by atoms with van der Waals surface area (Å²) in [5, 5.41) is 6.53. The van der Waals surface area contributed by atoms with Gasteiger partial charge in [-0.1, -0.05) is 23.9 Å². The maximum absolute atomic E-state index is 11.0. The molecule has 26 heavy (non-hydrogen) atoms. The molecule has 1 aliphatic heterocycles. The van der Waals surface area contributed by atoms with Gasteiger partial charge in [-0.2, -0.15) is 0 Å². The molecule has 1 N–H and O–H groups in total. The average molecular weight is 370 g/mol. The number of nitrogens with zero attached hydrogens (tertiary/aromatic N) is 2. The van der Waals surface area contributed by atoms with E-state index in [1.807, 2.05) is 12.4 Å². The van der Waals surface area contributed by atoms with Gasteiger partial charge in [-0.25, -0.2) is 0 Å². The molecule has 4 nitrogen and oxygen atoms in total. The Morgan fingerprint density at radius 2 is 2.12 bits per heavy atom. The fourth-order valence-corrected chi connectivity index (χ4v) is 5.01. The van der Waals surface area contributed by atoms with E-state index in [2.05, 4.69) is 33.4 Å². The molecule has 1 aromatic heterocycles. The summed E-state index contributed by atoms with van der Waals surface area (Å²) in [5.41, 5.74) is 2.80. The van der Waals surface area contributed by atoms with Crippen LogP contribution < -0.4 is 10.2 Å². The zero-order valence-corrected chi connectivity index (χ0v) is 16.2. The first-order valence-corrected chi connectivity index (χ1v) is 10.7. The van der Waals surface area contributed by atoms with Crippen LogP contribution in [0.5, 0.6) is 0 Å². The van der Waals surface area contributed by atoms with Crippen LogP contribution in [0.25, 0.3) is 10.8 Å². The van der Waals surface area contributed by atoms with Gasteiger partial charge in [0, 0.05) is 66.7 Å². The van der Waals surface area contributed by atoms with Crippen molar-refractivity contribution in [3.63, 3.8) is 0 Å². The molecule has 0 amide bonds. The first kappa shape index (κ1) is 17.8. The van der Waals surface area contributed by atoms with E-state index >= 15 is 0 Å². The molecule has 1 aromatic carbocycles. The number of rotatable bonds is 5. The van der Waals surface area contributed by atoms with Crippen molar-refractivity contribution in [1.82, 2.24) is 10.3 Å². The Morgan fingerprint density at radius 3 is 2.92 bits per heavy atom. The molecular weight excluding hydrogens is 342 g/mol. The average Bonchev–Trinajstić information content (AvgIpc) is 2.67. The molecule has 0 atom stereocenters. The van der Waals surface area contributed by atoms with Gasteiger partial charge < -0.3 is 10.2 Å². The highest BCUT2D eigenvalue weighted by atomic mass is 32.2. The number of carbonyl (C=O) groups excluding carboxylic acids is 1. The van der Waals surface area contributed by atoms with Crippen molar-refractivity contribution < 1.29 is 4.79 Å². The van der Waals surface area contributed by atoms with E-state index in [1.54, 1.807) is 6.92 Å². The standard InChI is InChI=1S/C21H27N3OS/c1-15(25)26-12-10-23-18-5-7-19(8-6-18)24-11-9-17-14-22-13-16-3-2-4-20(24)21(16)17/h2-4,13-14,18-19,23H,5-12H2,1H3. The Kier molecular flexibility index (Phi) is 5.46. The van der Waals surface area contributed by atoms with E-state index in [-0.39, 0.29) is 5.12 Å². The summed E-state index contributed by atoms with van der Waals surface area (Å²) in [6, 6.07) is 7.89. The van der Waals surface area contributed by atoms with E-state index in [4.69, 9.17) is 0 Å². The third kappa shape index (κ3) is 3.74. The van der Waals surface area contributed by atoms with Gasteiger partial charge in [-0.05, 0) is 43.7 Å². The minimum atomic E-state index is 0.213.